The molecule has 1 amide bonds. The topological polar surface area (TPSA) is 102 Å². The first-order valence-electron chi connectivity index (χ1n) is 8.83. The fraction of sp³-hybridized carbons (Fsp3) is 0.526. The molecule has 0 aliphatic carbocycles. The van der Waals surface area contributed by atoms with E-state index in [1.807, 2.05) is 6.07 Å². The first-order valence-corrected chi connectivity index (χ1v) is 8.83. The Bertz CT molecular complexity index is 557. The molecular formula is C19H27NO6. The standard InChI is InChI=1S/C19H27NO6/c1-3-25-18(23)16(19(24)26-4-2)12-8-11-15(13-21)20-17(22)14-9-6-5-7-10-14/h5-7,9-10,15-16,21H,3-4,8,11-13H2,1-2H3,(H,20,22)/t15-/m0/s1. The molecule has 0 saturated carbocycles. The van der Waals surface area contributed by atoms with Crippen molar-refractivity contribution in [2.45, 2.75) is 39.2 Å². The van der Waals surface area contributed by atoms with Crippen LogP contribution in [0.2, 0.25) is 0 Å². The molecule has 0 saturated heterocycles. The number of carbonyl (C=O) groups excluding carboxylic acids is 3. The Kier molecular flexibility index (Phi) is 10.0. The fourth-order valence-electron chi connectivity index (χ4n) is 2.45. The lowest BCUT2D eigenvalue weighted by Crippen LogP contribution is -2.37. The number of ether oxygens (including phenoxy) is 2. The van der Waals surface area contributed by atoms with Crippen LogP contribution in [0, 0.1) is 5.92 Å². The third-order valence-corrected chi connectivity index (χ3v) is 3.78. The molecular weight excluding hydrogens is 338 g/mol. The average molecular weight is 365 g/mol. The minimum atomic E-state index is -0.987. The Morgan fingerprint density at radius 2 is 1.58 bits per heavy atom. The van der Waals surface area contributed by atoms with E-state index in [0.717, 1.165) is 0 Å². The molecule has 1 aromatic rings. The Labute approximate surface area is 153 Å². The Morgan fingerprint density at radius 1 is 1.00 bits per heavy atom. The Balaban J connectivity index is 2.55. The molecule has 26 heavy (non-hydrogen) atoms. The van der Waals surface area contributed by atoms with Crippen molar-refractivity contribution in [3.05, 3.63) is 35.9 Å². The van der Waals surface area contributed by atoms with Gasteiger partial charge in [0.1, 0.15) is 0 Å². The van der Waals surface area contributed by atoms with Crippen LogP contribution in [0.3, 0.4) is 0 Å². The second-order valence-corrected chi connectivity index (χ2v) is 5.71. The fourth-order valence-corrected chi connectivity index (χ4v) is 2.45. The van der Waals surface area contributed by atoms with Crippen molar-refractivity contribution in [1.82, 2.24) is 5.32 Å². The summed E-state index contributed by atoms with van der Waals surface area (Å²) in [4.78, 5) is 36.0. The molecule has 7 nitrogen and oxygen atoms in total. The van der Waals surface area contributed by atoms with Crippen LogP contribution < -0.4 is 5.32 Å². The van der Waals surface area contributed by atoms with Gasteiger partial charge in [0.25, 0.3) is 5.91 Å². The molecule has 0 aliphatic heterocycles. The minimum Gasteiger partial charge on any atom is -0.465 e. The van der Waals surface area contributed by atoms with Crippen LogP contribution in [-0.4, -0.2) is 48.8 Å². The lowest BCUT2D eigenvalue weighted by molar-refractivity contribution is -0.162. The van der Waals surface area contributed by atoms with Gasteiger partial charge in [-0.2, -0.15) is 0 Å². The lowest BCUT2D eigenvalue weighted by Gasteiger charge is -2.18. The molecule has 0 radical (unpaired) electrons. The highest BCUT2D eigenvalue weighted by Gasteiger charge is 2.29. The molecule has 2 N–H and O–H groups in total. The molecule has 0 aromatic heterocycles. The molecule has 0 heterocycles. The zero-order valence-corrected chi connectivity index (χ0v) is 15.3. The van der Waals surface area contributed by atoms with Crippen molar-refractivity contribution in [3.8, 4) is 0 Å². The molecule has 144 valence electrons. The van der Waals surface area contributed by atoms with Crippen LogP contribution in [0.15, 0.2) is 30.3 Å². The molecule has 0 fully saturated rings. The zero-order chi connectivity index (χ0) is 19.4. The highest BCUT2D eigenvalue weighted by molar-refractivity contribution is 5.95. The van der Waals surface area contributed by atoms with Crippen LogP contribution in [0.5, 0.6) is 0 Å². The summed E-state index contributed by atoms with van der Waals surface area (Å²) in [5, 5.41) is 12.2. The normalized spacial score (nSPS) is 11.7. The van der Waals surface area contributed by atoms with E-state index in [-0.39, 0.29) is 32.1 Å². The number of carbonyl (C=O) groups is 3. The van der Waals surface area contributed by atoms with Gasteiger partial charge in [0.2, 0.25) is 0 Å². The van der Waals surface area contributed by atoms with Crippen molar-refractivity contribution in [2.75, 3.05) is 19.8 Å². The van der Waals surface area contributed by atoms with Gasteiger partial charge >= 0.3 is 11.9 Å². The number of amides is 1. The summed E-state index contributed by atoms with van der Waals surface area (Å²) in [6, 6.07) is 8.22. The number of esters is 2. The molecule has 0 aliphatic rings. The van der Waals surface area contributed by atoms with E-state index in [0.29, 0.717) is 18.4 Å². The van der Waals surface area contributed by atoms with Crippen molar-refractivity contribution in [2.24, 2.45) is 5.92 Å². The van der Waals surface area contributed by atoms with Gasteiger partial charge in [-0.1, -0.05) is 18.2 Å². The van der Waals surface area contributed by atoms with Gasteiger partial charge < -0.3 is 19.9 Å². The van der Waals surface area contributed by atoms with Crippen molar-refractivity contribution < 1.29 is 29.0 Å². The summed E-state index contributed by atoms with van der Waals surface area (Å²) in [6.45, 7) is 3.46. The van der Waals surface area contributed by atoms with E-state index in [1.165, 1.54) is 0 Å². The second-order valence-electron chi connectivity index (χ2n) is 5.71. The highest BCUT2D eigenvalue weighted by Crippen LogP contribution is 2.15. The summed E-state index contributed by atoms with van der Waals surface area (Å²) in [6.07, 6.45) is 1.10. The molecule has 0 unspecified atom stereocenters. The van der Waals surface area contributed by atoms with Crippen molar-refractivity contribution in [3.63, 3.8) is 0 Å². The van der Waals surface area contributed by atoms with E-state index < -0.39 is 23.9 Å². The van der Waals surface area contributed by atoms with Crippen LogP contribution in [0.1, 0.15) is 43.5 Å². The third-order valence-electron chi connectivity index (χ3n) is 3.78. The van der Waals surface area contributed by atoms with Gasteiger partial charge in [0.05, 0.1) is 25.9 Å². The van der Waals surface area contributed by atoms with Gasteiger partial charge in [-0.15, -0.1) is 0 Å². The number of benzene rings is 1. The zero-order valence-electron chi connectivity index (χ0n) is 15.3. The van der Waals surface area contributed by atoms with Gasteiger partial charge in [0.15, 0.2) is 5.92 Å². The van der Waals surface area contributed by atoms with Crippen molar-refractivity contribution in [1.29, 1.82) is 0 Å². The van der Waals surface area contributed by atoms with Crippen LogP contribution in [-0.2, 0) is 19.1 Å². The molecule has 0 spiro atoms. The minimum absolute atomic E-state index is 0.182. The van der Waals surface area contributed by atoms with Gasteiger partial charge in [-0.3, -0.25) is 14.4 Å². The maximum absolute atomic E-state index is 12.1. The quantitative estimate of drug-likeness (QED) is 0.457. The third kappa shape index (κ3) is 7.23. The maximum Gasteiger partial charge on any atom is 0.320 e. The summed E-state index contributed by atoms with van der Waals surface area (Å²) in [7, 11) is 0. The van der Waals surface area contributed by atoms with Gasteiger partial charge in [0, 0.05) is 5.56 Å². The largest absolute Gasteiger partial charge is 0.465 e. The molecule has 1 aromatic carbocycles. The average Bonchev–Trinajstić information content (AvgIpc) is 2.65. The van der Waals surface area contributed by atoms with E-state index in [9.17, 15) is 19.5 Å². The van der Waals surface area contributed by atoms with E-state index in [4.69, 9.17) is 9.47 Å². The first-order chi connectivity index (χ1) is 12.5. The number of aliphatic hydroxyl groups excluding tert-OH is 1. The summed E-state index contributed by atoms with van der Waals surface area (Å²) < 4.78 is 9.84. The number of rotatable bonds is 11. The predicted molar refractivity (Wildman–Crippen MR) is 95.4 cm³/mol. The van der Waals surface area contributed by atoms with Crippen LogP contribution >= 0.6 is 0 Å². The molecule has 1 rings (SSSR count). The van der Waals surface area contributed by atoms with Gasteiger partial charge in [-0.25, -0.2) is 0 Å². The van der Waals surface area contributed by atoms with Crippen molar-refractivity contribution >= 4 is 17.8 Å². The lowest BCUT2D eigenvalue weighted by atomic mass is 9.99. The number of nitrogens with one attached hydrogen (secondary N) is 1. The SMILES string of the molecule is CCOC(=O)C(CCC[C@@H](CO)NC(=O)c1ccccc1)C(=O)OCC. The Hall–Kier alpha value is -2.41. The second kappa shape index (κ2) is 12.0. The van der Waals surface area contributed by atoms with Gasteiger partial charge in [-0.05, 0) is 45.2 Å². The summed E-state index contributed by atoms with van der Waals surface area (Å²) in [5.74, 6) is -2.49. The first kappa shape index (κ1) is 21.6. The predicted octanol–water partition coefficient (Wildman–Crippen LogP) is 1.69. The summed E-state index contributed by atoms with van der Waals surface area (Å²) >= 11 is 0. The van der Waals surface area contributed by atoms with Crippen LogP contribution in [0.25, 0.3) is 0 Å². The summed E-state index contributed by atoms with van der Waals surface area (Å²) in [5.41, 5.74) is 0.502. The molecule has 0 bridgehead atoms. The van der Waals surface area contributed by atoms with E-state index in [2.05, 4.69) is 5.32 Å². The maximum atomic E-state index is 12.1. The van der Waals surface area contributed by atoms with Crippen LogP contribution in [0.4, 0.5) is 0 Å². The number of hydrogen-bond donors (Lipinski definition) is 2. The number of aliphatic hydroxyl groups is 1. The smallest absolute Gasteiger partial charge is 0.320 e. The Morgan fingerprint density at radius 3 is 2.08 bits per heavy atom. The highest BCUT2D eigenvalue weighted by atomic mass is 16.6. The molecule has 1 atom stereocenters. The monoisotopic (exact) mass is 365 g/mol. The molecule has 7 heteroatoms. The van der Waals surface area contributed by atoms with E-state index in [1.54, 1.807) is 38.1 Å². The number of hydrogen-bond acceptors (Lipinski definition) is 6. The van der Waals surface area contributed by atoms with E-state index >= 15 is 0 Å².